The van der Waals surface area contributed by atoms with Gasteiger partial charge in [-0.2, -0.15) is 0 Å². The van der Waals surface area contributed by atoms with Crippen LogP contribution in [0.15, 0.2) is 78.9 Å². The molecule has 0 radical (unpaired) electrons. The molecule has 5 aromatic rings. The summed E-state index contributed by atoms with van der Waals surface area (Å²) in [6.45, 7) is 2.58. The summed E-state index contributed by atoms with van der Waals surface area (Å²) in [6, 6.07) is 25.8. The molecule has 1 fully saturated rings. The number of imidazole rings is 1. The van der Waals surface area contributed by atoms with Crippen LogP contribution in [0.2, 0.25) is 5.02 Å². The first-order valence-electron chi connectivity index (χ1n) is 12.2. The second kappa shape index (κ2) is 9.55. The molecule has 0 bridgehead atoms. The Balaban J connectivity index is 1.16. The molecule has 6 nitrogen and oxygen atoms in total. The van der Waals surface area contributed by atoms with Gasteiger partial charge in [-0.3, -0.25) is 4.79 Å². The van der Waals surface area contributed by atoms with E-state index in [1.165, 1.54) is 18.5 Å². The number of anilines is 3. The van der Waals surface area contributed by atoms with E-state index in [9.17, 15) is 4.79 Å². The number of rotatable bonds is 6. The minimum absolute atomic E-state index is 0.115. The monoisotopic (exact) mass is 495 g/mol. The fourth-order valence-electron chi connectivity index (χ4n) is 4.75. The second-order valence-corrected chi connectivity index (χ2v) is 9.57. The standard InChI is InChI=1S/C29H26ClN5O/c30-24-11-7-19(18-31-28(36)22-9-8-20-5-1-2-6-21(20)16-22)15-26(24)33-29-32-25-12-10-23(17-27(25)34-29)35-13-3-4-14-35/h1-2,5-12,15-17H,3-4,13-14,18H2,(H,31,36)(H2,32,33,34). The van der Waals surface area contributed by atoms with Gasteiger partial charge >= 0.3 is 0 Å². The van der Waals surface area contributed by atoms with Crippen molar-refractivity contribution in [2.75, 3.05) is 23.3 Å². The van der Waals surface area contributed by atoms with Crippen LogP contribution in [0.5, 0.6) is 0 Å². The van der Waals surface area contributed by atoms with Crippen molar-refractivity contribution < 1.29 is 4.79 Å². The molecule has 2 heterocycles. The van der Waals surface area contributed by atoms with E-state index in [4.69, 9.17) is 16.6 Å². The predicted octanol–water partition coefficient (Wildman–Crippen LogP) is 6.64. The highest BCUT2D eigenvalue weighted by Gasteiger charge is 2.14. The fraction of sp³-hybridized carbons (Fsp3) is 0.172. The Kier molecular flexibility index (Phi) is 5.95. The van der Waals surface area contributed by atoms with E-state index in [-0.39, 0.29) is 5.91 Å². The number of nitrogens with one attached hydrogen (secondary N) is 3. The summed E-state index contributed by atoms with van der Waals surface area (Å²) in [5, 5.41) is 9.05. The number of hydrogen-bond donors (Lipinski definition) is 3. The number of hydrogen-bond acceptors (Lipinski definition) is 4. The highest BCUT2D eigenvalue weighted by molar-refractivity contribution is 6.33. The number of aromatic nitrogens is 2. The molecule has 0 spiro atoms. The maximum absolute atomic E-state index is 12.8. The molecule has 1 aliphatic heterocycles. The van der Waals surface area contributed by atoms with Crippen LogP contribution in [0.4, 0.5) is 17.3 Å². The molecule has 1 saturated heterocycles. The maximum atomic E-state index is 12.8. The number of amides is 1. The third-order valence-electron chi connectivity index (χ3n) is 6.69. The van der Waals surface area contributed by atoms with Gasteiger partial charge < -0.3 is 20.5 Å². The van der Waals surface area contributed by atoms with Crippen molar-refractivity contribution in [2.24, 2.45) is 0 Å². The van der Waals surface area contributed by atoms with E-state index >= 15 is 0 Å². The molecular weight excluding hydrogens is 470 g/mol. The summed E-state index contributed by atoms with van der Waals surface area (Å²) in [7, 11) is 0. The van der Waals surface area contributed by atoms with Crippen molar-refractivity contribution in [3.63, 3.8) is 0 Å². The lowest BCUT2D eigenvalue weighted by Crippen LogP contribution is -2.22. The predicted molar refractivity (Wildman–Crippen MR) is 147 cm³/mol. The van der Waals surface area contributed by atoms with Crippen molar-refractivity contribution in [2.45, 2.75) is 19.4 Å². The lowest BCUT2D eigenvalue weighted by atomic mass is 10.1. The Morgan fingerprint density at radius 1 is 0.944 bits per heavy atom. The SMILES string of the molecule is O=C(NCc1ccc(Cl)c(Nc2nc3cc(N4CCCC4)ccc3[nH]2)c1)c1ccc2ccccc2c1. The molecule has 180 valence electrons. The molecule has 1 aliphatic rings. The van der Waals surface area contributed by atoms with E-state index in [2.05, 4.69) is 38.7 Å². The summed E-state index contributed by atoms with van der Waals surface area (Å²) in [5.41, 5.74) is 5.39. The molecule has 3 N–H and O–H groups in total. The largest absolute Gasteiger partial charge is 0.371 e. The Morgan fingerprint density at radius 3 is 2.64 bits per heavy atom. The van der Waals surface area contributed by atoms with Crippen LogP contribution in [0.3, 0.4) is 0 Å². The molecule has 1 amide bonds. The molecule has 1 aromatic heterocycles. The van der Waals surface area contributed by atoms with Gasteiger partial charge in [-0.1, -0.05) is 48.0 Å². The highest BCUT2D eigenvalue weighted by Crippen LogP contribution is 2.29. The Morgan fingerprint density at radius 2 is 1.78 bits per heavy atom. The Labute approximate surface area is 214 Å². The number of H-pyrrole nitrogens is 1. The second-order valence-electron chi connectivity index (χ2n) is 9.16. The zero-order valence-corrected chi connectivity index (χ0v) is 20.5. The number of halogens is 1. The minimum atomic E-state index is -0.115. The van der Waals surface area contributed by atoms with Gasteiger partial charge in [-0.15, -0.1) is 0 Å². The summed E-state index contributed by atoms with van der Waals surface area (Å²) in [4.78, 5) is 23.2. The van der Waals surface area contributed by atoms with Crippen LogP contribution in [0.1, 0.15) is 28.8 Å². The lowest BCUT2D eigenvalue weighted by molar-refractivity contribution is 0.0951. The third kappa shape index (κ3) is 4.60. The quantitative estimate of drug-likeness (QED) is 0.247. The van der Waals surface area contributed by atoms with E-state index in [0.717, 1.165) is 46.1 Å². The molecule has 36 heavy (non-hydrogen) atoms. The van der Waals surface area contributed by atoms with E-state index in [1.807, 2.05) is 60.7 Å². The number of fused-ring (bicyclic) bond motifs is 2. The summed E-state index contributed by atoms with van der Waals surface area (Å²) < 4.78 is 0. The number of carbonyl (C=O) groups excluding carboxylic acids is 1. The van der Waals surface area contributed by atoms with Crippen LogP contribution in [0.25, 0.3) is 21.8 Å². The highest BCUT2D eigenvalue weighted by atomic mass is 35.5. The van der Waals surface area contributed by atoms with Crippen LogP contribution in [-0.2, 0) is 6.54 Å². The van der Waals surface area contributed by atoms with E-state index < -0.39 is 0 Å². The average molecular weight is 496 g/mol. The Hall–Kier alpha value is -4.03. The fourth-order valence-corrected chi connectivity index (χ4v) is 4.91. The van der Waals surface area contributed by atoms with Gasteiger partial charge in [-0.05, 0) is 71.6 Å². The van der Waals surface area contributed by atoms with Crippen molar-refractivity contribution in [1.29, 1.82) is 0 Å². The van der Waals surface area contributed by atoms with Gasteiger partial charge in [0, 0.05) is 30.9 Å². The van der Waals surface area contributed by atoms with Crippen molar-refractivity contribution in [1.82, 2.24) is 15.3 Å². The lowest BCUT2D eigenvalue weighted by Gasteiger charge is -2.16. The van der Waals surface area contributed by atoms with Crippen molar-refractivity contribution in [3.05, 3.63) is 95.0 Å². The molecule has 0 atom stereocenters. The topological polar surface area (TPSA) is 73.1 Å². The van der Waals surface area contributed by atoms with Gasteiger partial charge in [0.2, 0.25) is 5.95 Å². The average Bonchev–Trinajstić information content (AvgIpc) is 3.58. The van der Waals surface area contributed by atoms with Crippen molar-refractivity contribution >= 4 is 56.6 Å². The van der Waals surface area contributed by atoms with Gasteiger partial charge in [-0.25, -0.2) is 4.98 Å². The summed E-state index contributed by atoms with van der Waals surface area (Å²) >= 11 is 6.47. The van der Waals surface area contributed by atoms with Crippen LogP contribution < -0.4 is 15.5 Å². The first kappa shape index (κ1) is 22.4. The smallest absolute Gasteiger partial charge is 0.251 e. The first-order valence-corrected chi connectivity index (χ1v) is 12.6. The van der Waals surface area contributed by atoms with E-state index in [0.29, 0.717) is 23.1 Å². The number of aromatic amines is 1. The third-order valence-corrected chi connectivity index (χ3v) is 7.02. The van der Waals surface area contributed by atoms with Gasteiger partial charge in [0.15, 0.2) is 0 Å². The Bertz CT molecular complexity index is 1570. The first-order chi connectivity index (χ1) is 17.6. The molecule has 0 aliphatic carbocycles. The van der Waals surface area contributed by atoms with Crippen molar-refractivity contribution in [3.8, 4) is 0 Å². The summed E-state index contributed by atoms with van der Waals surface area (Å²) in [6.07, 6.45) is 2.48. The van der Waals surface area contributed by atoms with Crippen LogP contribution >= 0.6 is 11.6 Å². The van der Waals surface area contributed by atoms with Gasteiger partial charge in [0.1, 0.15) is 0 Å². The van der Waals surface area contributed by atoms with Gasteiger partial charge in [0.05, 0.1) is 21.7 Å². The molecule has 4 aromatic carbocycles. The van der Waals surface area contributed by atoms with E-state index in [1.54, 1.807) is 0 Å². The normalized spacial score (nSPS) is 13.4. The molecule has 7 heteroatoms. The van der Waals surface area contributed by atoms with Crippen LogP contribution in [-0.4, -0.2) is 29.0 Å². The molecule has 0 saturated carbocycles. The zero-order chi connectivity index (χ0) is 24.5. The summed E-state index contributed by atoms with van der Waals surface area (Å²) in [5.74, 6) is 0.513. The molecule has 6 rings (SSSR count). The number of benzene rings is 4. The molecular formula is C29H26ClN5O. The molecule has 0 unspecified atom stereocenters. The zero-order valence-electron chi connectivity index (χ0n) is 19.7. The maximum Gasteiger partial charge on any atom is 0.251 e. The minimum Gasteiger partial charge on any atom is -0.371 e. The van der Waals surface area contributed by atoms with Gasteiger partial charge in [0.25, 0.3) is 5.91 Å². The van der Waals surface area contributed by atoms with Crippen LogP contribution in [0, 0.1) is 0 Å². The number of nitrogens with zero attached hydrogens (tertiary/aromatic N) is 2. The number of carbonyl (C=O) groups is 1.